The van der Waals surface area contributed by atoms with Crippen molar-refractivity contribution in [1.29, 1.82) is 0 Å². The summed E-state index contributed by atoms with van der Waals surface area (Å²) in [5, 5.41) is 11.5. The Bertz CT molecular complexity index is 587. The number of hydrogen-bond acceptors (Lipinski definition) is 3. The van der Waals surface area contributed by atoms with E-state index in [1.165, 1.54) is 10.8 Å². The summed E-state index contributed by atoms with van der Waals surface area (Å²) in [6.07, 6.45) is 3.92. The highest BCUT2D eigenvalue weighted by Gasteiger charge is 2.24. The molecule has 19 heavy (non-hydrogen) atoms. The molecular formula is C15H17BrN2O. The van der Waals surface area contributed by atoms with E-state index in [0.29, 0.717) is 5.92 Å². The standard InChI is InChI=1S/C15H17BrN2O/c16-14-3-1-2-13-12(14)4-7-17-15(13)18-8-5-11(10-18)6-9-19/h1-4,7,11,19H,5-6,8-10H2. The molecule has 3 rings (SSSR count). The highest BCUT2D eigenvalue weighted by Crippen LogP contribution is 2.32. The molecule has 1 aromatic heterocycles. The summed E-state index contributed by atoms with van der Waals surface area (Å²) < 4.78 is 1.11. The minimum atomic E-state index is 0.285. The van der Waals surface area contributed by atoms with Gasteiger partial charge in [-0.25, -0.2) is 4.98 Å². The molecule has 1 aliphatic heterocycles. The number of aliphatic hydroxyl groups excluding tert-OH is 1. The monoisotopic (exact) mass is 320 g/mol. The lowest BCUT2D eigenvalue weighted by molar-refractivity contribution is 0.263. The van der Waals surface area contributed by atoms with Crippen LogP contribution in [-0.4, -0.2) is 29.8 Å². The van der Waals surface area contributed by atoms with Crippen molar-refractivity contribution in [1.82, 2.24) is 4.98 Å². The fourth-order valence-corrected chi connectivity index (χ4v) is 3.35. The number of halogens is 1. The van der Waals surface area contributed by atoms with Crippen molar-refractivity contribution in [3.05, 3.63) is 34.9 Å². The van der Waals surface area contributed by atoms with Gasteiger partial charge in [-0.05, 0) is 30.9 Å². The minimum absolute atomic E-state index is 0.285. The number of hydrogen-bond donors (Lipinski definition) is 1. The number of aliphatic hydroxyl groups is 1. The molecule has 1 aromatic carbocycles. The number of benzene rings is 1. The van der Waals surface area contributed by atoms with Gasteiger partial charge in [-0.1, -0.05) is 28.1 Å². The number of rotatable bonds is 3. The normalized spacial score (nSPS) is 19.3. The highest BCUT2D eigenvalue weighted by atomic mass is 79.9. The number of anilines is 1. The molecule has 2 heterocycles. The maximum atomic E-state index is 9.05. The van der Waals surface area contributed by atoms with Crippen LogP contribution in [0.2, 0.25) is 0 Å². The highest BCUT2D eigenvalue weighted by molar-refractivity contribution is 9.10. The molecule has 1 unspecified atom stereocenters. The molecule has 1 saturated heterocycles. The topological polar surface area (TPSA) is 36.4 Å². The molecule has 0 spiro atoms. The van der Waals surface area contributed by atoms with Gasteiger partial charge in [-0.15, -0.1) is 0 Å². The van der Waals surface area contributed by atoms with Gasteiger partial charge >= 0.3 is 0 Å². The average Bonchev–Trinajstić information content (AvgIpc) is 2.88. The lowest BCUT2D eigenvalue weighted by Crippen LogP contribution is -2.21. The lowest BCUT2D eigenvalue weighted by Gasteiger charge is -2.19. The van der Waals surface area contributed by atoms with E-state index in [1.54, 1.807) is 0 Å². The van der Waals surface area contributed by atoms with Crippen LogP contribution in [0, 0.1) is 5.92 Å². The van der Waals surface area contributed by atoms with E-state index in [9.17, 15) is 0 Å². The zero-order valence-electron chi connectivity index (χ0n) is 10.7. The van der Waals surface area contributed by atoms with Crippen LogP contribution in [0.5, 0.6) is 0 Å². The molecule has 100 valence electrons. The van der Waals surface area contributed by atoms with Gasteiger partial charge in [0.25, 0.3) is 0 Å². The first kappa shape index (κ1) is 12.9. The predicted molar refractivity (Wildman–Crippen MR) is 81.5 cm³/mol. The van der Waals surface area contributed by atoms with Crippen LogP contribution >= 0.6 is 15.9 Å². The Morgan fingerprint density at radius 2 is 2.21 bits per heavy atom. The molecule has 1 aliphatic rings. The van der Waals surface area contributed by atoms with Crippen molar-refractivity contribution in [3.63, 3.8) is 0 Å². The Morgan fingerprint density at radius 3 is 3.05 bits per heavy atom. The number of nitrogens with zero attached hydrogens (tertiary/aromatic N) is 2. The number of fused-ring (bicyclic) bond motifs is 1. The average molecular weight is 321 g/mol. The van der Waals surface area contributed by atoms with Gasteiger partial charge in [-0.2, -0.15) is 0 Å². The third kappa shape index (κ3) is 2.47. The van der Waals surface area contributed by atoms with E-state index >= 15 is 0 Å². The summed E-state index contributed by atoms with van der Waals surface area (Å²) in [6, 6.07) is 8.29. The molecule has 0 amide bonds. The van der Waals surface area contributed by atoms with Crippen molar-refractivity contribution in [2.45, 2.75) is 12.8 Å². The lowest BCUT2D eigenvalue weighted by atomic mass is 10.1. The summed E-state index contributed by atoms with van der Waals surface area (Å²) >= 11 is 3.60. The molecule has 0 bridgehead atoms. The van der Waals surface area contributed by atoms with Crippen molar-refractivity contribution in [2.24, 2.45) is 5.92 Å². The third-order valence-electron chi connectivity index (χ3n) is 3.85. The van der Waals surface area contributed by atoms with Crippen LogP contribution in [0.15, 0.2) is 34.9 Å². The maximum absolute atomic E-state index is 9.05. The van der Waals surface area contributed by atoms with Crippen molar-refractivity contribution >= 4 is 32.5 Å². The largest absolute Gasteiger partial charge is 0.396 e. The Kier molecular flexibility index (Phi) is 3.71. The third-order valence-corrected chi connectivity index (χ3v) is 4.55. The van der Waals surface area contributed by atoms with E-state index in [1.807, 2.05) is 12.3 Å². The molecule has 0 saturated carbocycles. The van der Waals surface area contributed by atoms with Gasteiger partial charge in [0.15, 0.2) is 0 Å². The van der Waals surface area contributed by atoms with Gasteiger partial charge in [0.05, 0.1) is 0 Å². The quantitative estimate of drug-likeness (QED) is 0.943. The van der Waals surface area contributed by atoms with Crippen LogP contribution in [0.25, 0.3) is 10.8 Å². The predicted octanol–water partition coefficient (Wildman–Crippen LogP) is 3.21. The van der Waals surface area contributed by atoms with E-state index in [2.05, 4.69) is 44.0 Å². The van der Waals surface area contributed by atoms with Gasteiger partial charge in [-0.3, -0.25) is 0 Å². The second kappa shape index (κ2) is 5.47. The van der Waals surface area contributed by atoms with E-state index < -0.39 is 0 Å². The van der Waals surface area contributed by atoms with Gasteiger partial charge in [0, 0.05) is 41.1 Å². The van der Waals surface area contributed by atoms with E-state index in [0.717, 1.165) is 36.2 Å². The number of pyridine rings is 1. The second-order valence-corrected chi connectivity index (χ2v) is 5.94. The maximum Gasteiger partial charge on any atom is 0.136 e. The van der Waals surface area contributed by atoms with Crippen LogP contribution < -0.4 is 4.90 Å². The van der Waals surface area contributed by atoms with E-state index in [4.69, 9.17) is 5.11 Å². The van der Waals surface area contributed by atoms with Crippen LogP contribution in [0.4, 0.5) is 5.82 Å². The Labute approximate surface area is 121 Å². The van der Waals surface area contributed by atoms with Crippen molar-refractivity contribution in [2.75, 3.05) is 24.6 Å². The Balaban J connectivity index is 1.96. The summed E-state index contributed by atoms with van der Waals surface area (Å²) in [5.74, 6) is 1.66. The smallest absolute Gasteiger partial charge is 0.136 e. The molecule has 4 heteroatoms. The molecule has 2 aromatic rings. The SMILES string of the molecule is OCCC1CCN(c2nccc3c(Br)cccc23)C1. The van der Waals surface area contributed by atoms with E-state index in [-0.39, 0.29) is 6.61 Å². The molecule has 3 nitrogen and oxygen atoms in total. The second-order valence-electron chi connectivity index (χ2n) is 5.08. The summed E-state index contributed by atoms with van der Waals surface area (Å²) in [6.45, 7) is 2.31. The summed E-state index contributed by atoms with van der Waals surface area (Å²) in [5.41, 5.74) is 0. The van der Waals surface area contributed by atoms with Crippen molar-refractivity contribution < 1.29 is 5.11 Å². The molecule has 0 radical (unpaired) electrons. The zero-order chi connectivity index (χ0) is 13.2. The van der Waals surface area contributed by atoms with Gasteiger partial charge < -0.3 is 10.0 Å². The molecule has 1 N–H and O–H groups in total. The van der Waals surface area contributed by atoms with Gasteiger partial charge in [0.2, 0.25) is 0 Å². The molecule has 0 aliphatic carbocycles. The molecule has 1 fully saturated rings. The van der Waals surface area contributed by atoms with Crippen LogP contribution in [-0.2, 0) is 0 Å². The van der Waals surface area contributed by atoms with Crippen LogP contribution in [0.3, 0.4) is 0 Å². The molecular weight excluding hydrogens is 304 g/mol. The fraction of sp³-hybridized carbons (Fsp3) is 0.400. The first-order chi connectivity index (χ1) is 9.29. The first-order valence-electron chi connectivity index (χ1n) is 6.68. The Morgan fingerprint density at radius 1 is 1.32 bits per heavy atom. The fourth-order valence-electron chi connectivity index (χ4n) is 2.85. The first-order valence-corrected chi connectivity index (χ1v) is 7.48. The zero-order valence-corrected chi connectivity index (χ0v) is 12.3. The summed E-state index contributed by atoms with van der Waals surface area (Å²) in [7, 11) is 0. The Hall–Kier alpha value is -1.13. The molecule has 1 atom stereocenters. The minimum Gasteiger partial charge on any atom is -0.396 e. The summed E-state index contributed by atoms with van der Waals surface area (Å²) in [4.78, 5) is 6.91. The van der Waals surface area contributed by atoms with Crippen LogP contribution in [0.1, 0.15) is 12.8 Å². The van der Waals surface area contributed by atoms with Gasteiger partial charge in [0.1, 0.15) is 5.82 Å². The number of aromatic nitrogens is 1. The van der Waals surface area contributed by atoms with Crippen molar-refractivity contribution in [3.8, 4) is 0 Å².